The molecule has 1 N–H and O–H groups in total. The summed E-state index contributed by atoms with van der Waals surface area (Å²) in [6.07, 6.45) is 1.09. The fraction of sp³-hybridized carbons (Fsp3) is 0.0769. The van der Waals surface area contributed by atoms with E-state index in [1.54, 1.807) is 24.3 Å². The molecular formula is C13H10ClNO4. The van der Waals surface area contributed by atoms with Crippen LogP contribution in [0.2, 0.25) is 5.02 Å². The molecule has 0 atom stereocenters. The van der Waals surface area contributed by atoms with Gasteiger partial charge in [-0.25, -0.2) is 0 Å². The molecule has 19 heavy (non-hydrogen) atoms. The minimum atomic E-state index is -0.562. The highest BCUT2D eigenvalue weighted by Gasteiger charge is 2.13. The van der Waals surface area contributed by atoms with Gasteiger partial charge in [0.25, 0.3) is 5.91 Å². The third-order valence-corrected chi connectivity index (χ3v) is 2.69. The lowest BCUT2D eigenvalue weighted by Crippen LogP contribution is -2.15. The monoisotopic (exact) mass is 279 g/mol. The predicted octanol–water partition coefficient (Wildman–Crippen LogP) is 2.55. The number of nitrogens with one attached hydrogen (secondary N) is 1. The number of methoxy groups -OCH3 is 1. The lowest BCUT2D eigenvalue weighted by Gasteiger charge is -2.06. The Morgan fingerprint density at radius 2 is 2.11 bits per heavy atom. The Hall–Kier alpha value is -2.27. The average Bonchev–Trinajstić information content (AvgIpc) is 2.41. The predicted molar refractivity (Wildman–Crippen MR) is 70.9 cm³/mol. The molecule has 6 heteroatoms. The summed E-state index contributed by atoms with van der Waals surface area (Å²) in [5.41, 5.74) is 0.00527. The zero-order valence-corrected chi connectivity index (χ0v) is 10.7. The van der Waals surface area contributed by atoms with Crippen LogP contribution in [-0.2, 0) is 0 Å². The SMILES string of the molecule is COc1coc(C(=O)Nc2ccccc2Cl)cc1=O. The molecule has 1 heterocycles. The highest BCUT2D eigenvalue weighted by molar-refractivity contribution is 6.33. The second-order valence-electron chi connectivity index (χ2n) is 3.61. The molecular weight excluding hydrogens is 270 g/mol. The van der Waals surface area contributed by atoms with E-state index in [0.717, 1.165) is 12.3 Å². The van der Waals surface area contributed by atoms with Gasteiger partial charge < -0.3 is 14.5 Å². The van der Waals surface area contributed by atoms with Crippen LogP contribution in [0.1, 0.15) is 10.6 Å². The van der Waals surface area contributed by atoms with Crippen LogP contribution in [0.4, 0.5) is 5.69 Å². The summed E-state index contributed by atoms with van der Waals surface area (Å²) in [7, 11) is 1.34. The van der Waals surface area contributed by atoms with Gasteiger partial charge in [0.1, 0.15) is 6.26 Å². The summed E-state index contributed by atoms with van der Waals surface area (Å²) in [6, 6.07) is 7.81. The molecule has 2 aromatic rings. The molecule has 0 fully saturated rings. The van der Waals surface area contributed by atoms with Crippen LogP contribution in [0, 0.1) is 0 Å². The Labute approximate surface area is 113 Å². The molecule has 1 amide bonds. The third kappa shape index (κ3) is 2.95. The number of benzene rings is 1. The maximum atomic E-state index is 11.9. The lowest BCUT2D eigenvalue weighted by atomic mass is 10.3. The average molecular weight is 280 g/mol. The van der Waals surface area contributed by atoms with Gasteiger partial charge in [-0.3, -0.25) is 9.59 Å². The molecule has 0 unspecified atom stereocenters. The number of carbonyl (C=O) groups is 1. The molecule has 0 radical (unpaired) electrons. The number of ether oxygens (including phenoxy) is 1. The minimum absolute atomic E-state index is 0.0364. The molecule has 0 bridgehead atoms. The molecule has 98 valence electrons. The van der Waals surface area contributed by atoms with E-state index in [4.69, 9.17) is 20.8 Å². The maximum Gasteiger partial charge on any atom is 0.291 e. The molecule has 1 aromatic heterocycles. The molecule has 0 aliphatic carbocycles. The standard InChI is InChI=1S/C13H10ClNO4/c1-18-12-7-19-11(6-10(12)16)13(17)15-9-5-3-2-4-8(9)14/h2-7H,1H3,(H,15,17). The minimum Gasteiger partial charge on any atom is -0.490 e. The fourth-order valence-electron chi connectivity index (χ4n) is 1.41. The van der Waals surface area contributed by atoms with Crippen LogP contribution in [0.3, 0.4) is 0 Å². The van der Waals surface area contributed by atoms with Crippen LogP contribution >= 0.6 is 11.6 Å². The Morgan fingerprint density at radius 1 is 1.37 bits per heavy atom. The highest BCUT2D eigenvalue weighted by Crippen LogP contribution is 2.21. The summed E-state index contributed by atoms with van der Waals surface area (Å²) < 4.78 is 9.78. The number of hydrogen-bond donors (Lipinski definition) is 1. The van der Waals surface area contributed by atoms with Gasteiger partial charge in [-0.2, -0.15) is 0 Å². The number of rotatable bonds is 3. The third-order valence-electron chi connectivity index (χ3n) is 2.36. The van der Waals surface area contributed by atoms with Crippen molar-refractivity contribution in [2.45, 2.75) is 0 Å². The number of halogens is 1. The van der Waals surface area contributed by atoms with Crippen molar-refractivity contribution in [1.29, 1.82) is 0 Å². The maximum absolute atomic E-state index is 11.9. The summed E-state index contributed by atoms with van der Waals surface area (Å²) in [5, 5.41) is 2.94. The Kier molecular flexibility index (Phi) is 3.87. The van der Waals surface area contributed by atoms with Crippen molar-refractivity contribution in [3.8, 4) is 5.75 Å². The number of amides is 1. The van der Waals surface area contributed by atoms with Gasteiger partial charge in [0, 0.05) is 6.07 Å². The first-order valence-corrected chi connectivity index (χ1v) is 5.72. The number of hydrogen-bond acceptors (Lipinski definition) is 4. The van der Waals surface area contributed by atoms with E-state index in [1.807, 2.05) is 0 Å². The molecule has 1 aromatic carbocycles. The number of para-hydroxylation sites is 1. The summed E-state index contributed by atoms with van der Waals surface area (Å²) >= 11 is 5.91. The van der Waals surface area contributed by atoms with Crippen LogP contribution in [0.5, 0.6) is 5.75 Å². The van der Waals surface area contributed by atoms with Crippen LogP contribution < -0.4 is 15.5 Å². The van der Waals surface area contributed by atoms with Gasteiger partial charge in [0.05, 0.1) is 17.8 Å². The van der Waals surface area contributed by atoms with Gasteiger partial charge in [0.15, 0.2) is 5.76 Å². The zero-order chi connectivity index (χ0) is 13.8. The van der Waals surface area contributed by atoms with E-state index in [0.29, 0.717) is 10.7 Å². The van der Waals surface area contributed by atoms with Crippen molar-refractivity contribution in [3.63, 3.8) is 0 Å². The van der Waals surface area contributed by atoms with E-state index in [1.165, 1.54) is 7.11 Å². The second-order valence-corrected chi connectivity index (χ2v) is 4.02. The first-order chi connectivity index (χ1) is 9.11. The van der Waals surface area contributed by atoms with Crippen molar-refractivity contribution >= 4 is 23.2 Å². The van der Waals surface area contributed by atoms with Crippen LogP contribution in [0.15, 0.2) is 45.8 Å². The number of carbonyl (C=O) groups excluding carboxylic acids is 1. The topological polar surface area (TPSA) is 68.5 Å². The zero-order valence-electron chi connectivity index (χ0n) is 9.98. The number of anilines is 1. The van der Waals surface area contributed by atoms with Crippen molar-refractivity contribution in [1.82, 2.24) is 0 Å². The molecule has 0 aliphatic rings. The molecule has 0 aliphatic heterocycles. The van der Waals surface area contributed by atoms with Crippen LogP contribution in [-0.4, -0.2) is 13.0 Å². The van der Waals surface area contributed by atoms with E-state index in [-0.39, 0.29) is 11.5 Å². The van der Waals surface area contributed by atoms with E-state index < -0.39 is 11.3 Å². The molecule has 0 spiro atoms. The smallest absolute Gasteiger partial charge is 0.291 e. The summed E-state index contributed by atoms with van der Waals surface area (Å²) in [6.45, 7) is 0. The lowest BCUT2D eigenvalue weighted by molar-refractivity contribution is 0.0993. The second kappa shape index (κ2) is 5.58. The van der Waals surface area contributed by atoms with Crippen molar-refractivity contribution in [2.24, 2.45) is 0 Å². The van der Waals surface area contributed by atoms with E-state index in [2.05, 4.69) is 5.32 Å². The Bertz CT molecular complexity index is 666. The van der Waals surface area contributed by atoms with Gasteiger partial charge in [-0.15, -0.1) is 0 Å². The first-order valence-electron chi connectivity index (χ1n) is 5.34. The van der Waals surface area contributed by atoms with Gasteiger partial charge in [-0.1, -0.05) is 23.7 Å². The fourth-order valence-corrected chi connectivity index (χ4v) is 1.60. The molecule has 0 saturated heterocycles. The Balaban J connectivity index is 2.24. The summed E-state index contributed by atoms with van der Waals surface area (Å²) in [4.78, 5) is 23.4. The van der Waals surface area contributed by atoms with Gasteiger partial charge in [0.2, 0.25) is 11.2 Å². The Morgan fingerprint density at radius 3 is 2.74 bits per heavy atom. The summed E-state index contributed by atoms with van der Waals surface area (Å²) in [5.74, 6) is -0.645. The van der Waals surface area contributed by atoms with Crippen LogP contribution in [0.25, 0.3) is 0 Å². The molecule has 2 rings (SSSR count). The van der Waals surface area contributed by atoms with Gasteiger partial charge in [-0.05, 0) is 12.1 Å². The quantitative estimate of drug-likeness (QED) is 0.937. The van der Waals surface area contributed by atoms with Crippen molar-refractivity contribution in [2.75, 3.05) is 12.4 Å². The van der Waals surface area contributed by atoms with Crippen molar-refractivity contribution < 1.29 is 13.9 Å². The first kappa shape index (κ1) is 13.2. The van der Waals surface area contributed by atoms with E-state index in [9.17, 15) is 9.59 Å². The largest absolute Gasteiger partial charge is 0.490 e. The normalized spacial score (nSPS) is 10.0. The highest BCUT2D eigenvalue weighted by atomic mass is 35.5. The van der Waals surface area contributed by atoms with E-state index >= 15 is 0 Å². The molecule has 0 saturated carbocycles. The van der Waals surface area contributed by atoms with Crippen molar-refractivity contribution in [3.05, 3.63) is 57.6 Å². The molecule has 5 nitrogen and oxygen atoms in total. The van der Waals surface area contributed by atoms with Gasteiger partial charge >= 0.3 is 0 Å².